The number of carbonyl (C=O) groups is 2. The third-order valence-electron chi connectivity index (χ3n) is 4.98. The van der Waals surface area contributed by atoms with Crippen LogP contribution < -0.4 is 15.4 Å². The highest BCUT2D eigenvalue weighted by atomic mass is 35.5. The second-order valence-electron chi connectivity index (χ2n) is 7.58. The van der Waals surface area contributed by atoms with Crippen molar-refractivity contribution in [2.45, 2.75) is 19.4 Å². The molecule has 172 valence electrons. The Balaban J connectivity index is 1.47. The molecule has 0 saturated carbocycles. The molecule has 0 spiro atoms. The van der Waals surface area contributed by atoms with E-state index in [-0.39, 0.29) is 42.5 Å². The van der Waals surface area contributed by atoms with Crippen LogP contribution in [0.4, 0.5) is 5.69 Å². The lowest BCUT2D eigenvalue weighted by Gasteiger charge is -2.20. The summed E-state index contributed by atoms with van der Waals surface area (Å²) in [5, 5.41) is 6.03. The molecule has 1 atom stereocenters. The minimum absolute atomic E-state index is 0.0189. The molecule has 1 heterocycles. The van der Waals surface area contributed by atoms with E-state index in [0.29, 0.717) is 35.2 Å². The Kier molecular flexibility index (Phi) is 8.11. The molecule has 1 aliphatic heterocycles. The summed E-state index contributed by atoms with van der Waals surface area (Å²) in [7, 11) is -3.06. The molecule has 1 saturated heterocycles. The fourth-order valence-electron chi connectivity index (χ4n) is 3.33. The van der Waals surface area contributed by atoms with Gasteiger partial charge in [0.25, 0.3) is 0 Å². The lowest BCUT2D eigenvalue weighted by molar-refractivity contribution is -0.123. The lowest BCUT2D eigenvalue weighted by atomic mass is 10.2. The third-order valence-corrected chi connectivity index (χ3v) is 7.06. The van der Waals surface area contributed by atoms with E-state index in [0.717, 1.165) is 0 Å². The number of carbonyl (C=O) groups excluding carboxylic acids is 2. The zero-order valence-corrected chi connectivity index (χ0v) is 19.3. The van der Waals surface area contributed by atoms with Crippen LogP contribution in [0.25, 0.3) is 0 Å². The van der Waals surface area contributed by atoms with Crippen molar-refractivity contribution >= 4 is 38.9 Å². The van der Waals surface area contributed by atoms with Gasteiger partial charge in [-0.1, -0.05) is 30.7 Å². The summed E-state index contributed by atoms with van der Waals surface area (Å²) in [5.74, 6) is 0.641. The minimum atomic E-state index is -3.06. The number of para-hydroxylation sites is 1. The maximum atomic E-state index is 12.4. The number of rotatable bonds is 9. The molecular formula is C22H26ClN3O5S. The molecule has 3 rings (SSSR count). The largest absolute Gasteiger partial charge is 0.456 e. The highest BCUT2D eigenvalue weighted by Crippen LogP contribution is 2.29. The maximum absolute atomic E-state index is 12.4. The van der Waals surface area contributed by atoms with E-state index in [4.69, 9.17) is 16.3 Å². The fourth-order valence-corrected chi connectivity index (χ4v) is 5.18. The Morgan fingerprint density at radius 3 is 2.41 bits per heavy atom. The number of hydrogen-bond acceptors (Lipinski definition) is 6. The first-order chi connectivity index (χ1) is 15.2. The number of amides is 2. The fraction of sp³-hybridized carbons (Fsp3) is 0.364. The number of sulfone groups is 1. The predicted molar refractivity (Wildman–Crippen MR) is 124 cm³/mol. The molecular weight excluding hydrogens is 454 g/mol. The summed E-state index contributed by atoms with van der Waals surface area (Å²) in [5.41, 5.74) is 0.596. The minimum Gasteiger partial charge on any atom is -0.456 e. The molecule has 0 radical (unpaired) electrons. The summed E-state index contributed by atoms with van der Waals surface area (Å²) < 4.78 is 28.8. The van der Waals surface area contributed by atoms with Gasteiger partial charge in [0.05, 0.1) is 29.6 Å². The molecule has 2 N–H and O–H groups in total. The smallest absolute Gasteiger partial charge is 0.238 e. The quantitative estimate of drug-likeness (QED) is 0.573. The van der Waals surface area contributed by atoms with Crippen LogP contribution in [0, 0.1) is 0 Å². The van der Waals surface area contributed by atoms with Gasteiger partial charge in [0, 0.05) is 11.7 Å². The van der Waals surface area contributed by atoms with Crippen molar-refractivity contribution in [3.8, 4) is 11.5 Å². The zero-order valence-electron chi connectivity index (χ0n) is 17.7. The van der Waals surface area contributed by atoms with Crippen LogP contribution in [0.1, 0.15) is 13.3 Å². The highest BCUT2D eigenvalue weighted by Gasteiger charge is 2.29. The van der Waals surface area contributed by atoms with Gasteiger partial charge in [0.1, 0.15) is 11.5 Å². The van der Waals surface area contributed by atoms with Crippen LogP contribution in [0.2, 0.25) is 5.02 Å². The Morgan fingerprint density at radius 1 is 1.09 bits per heavy atom. The van der Waals surface area contributed by atoms with Gasteiger partial charge in [-0.25, -0.2) is 8.42 Å². The van der Waals surface area contributed by atoms with Crippen molar-refractivity contribution in [3.63, 3.8) is 0 Å². The molecule has 0 aromatic heterocycles. The van der Waals surface area contributed by atoms with Crippen LogP contribution in [0.5, 0.6) is 11.5 Å². The number of nitrogens with one attached hydrogen (secondary N) is 2. The van der Waals surface area contributed by atoms with Crippen LogP contribution in [0.15, 0.2) is 48.5 Å². The zero-order chi connectivity index (χ0) is 23.1. The molecule has 8 nitrogen and oxygen atoms in total. The van der Waals surface area contributed by atoms with Crippen molar-refractivity contribution in [2.24, 2.45) is 0 Å². The molecule has 0 aliphatic carbocycles. The van der Waals surface area contributed by atoms with Gasteiger partial charge in [-0.3, -0.25) is 14.5 Å². The lowest BCUT2D eigenvalue weighted by Crippen LogP contribution is -2.44. The van der Waals surface area contributed by atoms with Gasteiger partial charge in [-0.2, -0.15) is 0 Å². The number of benzene rings is 2. The van der Waals surface area contributed by atoms with Gasteiger partial charge in [-0.05, 0) is 49.4 Å². The van der Waals surface area contributed by atoms with E-state index in [1.165, 1.54) is 0 Å². The van der Waals surface area contributed by atoms with Crippen LogP contribution in [-0.4, -0.2) is 62.3 Å². The number of nitrogens with zero attached hydrogens (tertiary/aromatic N) is 1. The van der Waals surface area contributed by atoms with E-state index in [2.05, 4.69) is 10.6 Å². The SMILES string of the molecule is CCN(CC(=O)Nc1ccc(Oc2ccccc2Cl)cc1)CC(=O)N[C@H]1CCS(=O)(=O)C1. The Morgan fingerprint density at radius 2 is 1.78 bits per heavy atom. The Labute approximate surface area is 192 Å². The third kappa shape index (κ3) is 7.22. The number of anilines is 1. The molecule has 32 heavy (non-hydrogen) atoms. The van der Waals surface area contributed by atoms with E-state index in [9.17, 15) is 18.0 Å². The van der Waals surface area contributed by atoms with E-state index in [1.807, 2.05) is 19.1 Å². The number of likely N-dealkylation sites (N-methyl/N-ethyl adjacent to an activating group) is 1. The summed E-state index contributed by atoms with van der Waals surface area (Å²) in [6, 6.07) is 13.7. The first-order valence-corrected chi connectivity index (χ1v) is 12.5. The average molecular weight is 480 g/mol. The van der Waals surface area contributed by atoms with Crippen LogP contribution >= 0.6 is 11.6 Å². The van der Waals surface area contributed by atoms with Gasteiger partial charge >= 0.3 is 0 Å². The summed E-state index contributed by atoms with van der Waals surface area (Å²) in [6.45, 7) is 2.39. The standard InChI is InChI=1S/C22H26ClN3O5S/c1-2-26(14-22(28)25-17-11-12-32(29,30)15-17)13-21(27)24-16-7-9-18(10-8-16)31-20-6-4-3-5-19(20)23/h3-10,17H,2,11-15H2,1H3,(H,24,27)(H,25,28)/t17-/m0/s1. The summed E-state index contributed by atoms with van der Waals surface area (Å²) >= 11 is 6.09. The Bertz CT molecular complexity index is 1060. The first-order valence-electron chi connectivity index (χ1n) is 10.3. The van der Waals surface area contributed by atoms with Crippen LogP contribution in [-0.2, 0) is 19.4 Å². The Hall–Kier alpha value is -2.62. The molecule has 0 bridgehead atoms. The van der Waals surface area contributed by atoms with Crippen molar-refractivity contribution < 1.29 is 22.7 Å². The monoisotopic (exact) mass is 479 g/mol. The predicted octanol–water partition coefficient (Wildman–Crippen LogP) is 2.70. The second-order valence-corrected chi connectivity index (χ2v) is 10.2. The van der Waals surface area contributed by atoms with Gasteiger partial charge in [0.15, 0.2) is 9.84 Å². The number of ether oxygens (including phenoxy) is 1. The average Bonchev–Trinajstić information content (AvgIpc) is 3.08. The van der Waals surface area contributed by atoms with Gasteiger partial charge in [0.2, 0.25) is 11.8 Å². The van der Waals surface area contributed by atoms with Crippen LogP contribution in [0.3, 0.4) is 0 Å². The molecule has 1 fully saturated rings. The highest BCUT2D eigenvalue weighted by molar-refractivity contribution is 7.91. The van der Waals surface area contributed by atoms with Crippen molar-refractivity contribution in [3.05, 3.63) is 53.6 Å². The normalized spacial score (nSPS) is 17.2. The van der Waals surface area contributed by atoms with Crippen molar-refractivity contribution in [2.75, 3.05) is 36.5 Å². The molecule has 2 amide bonds. The number of hydrogen-bond donors (Lipinski definition) is 2. The molecule has 10 heteroatoms. The molecule has 0 unspecified atom stereocenters. The number of halogens is 1. The van der Waals surface area contributed by atoms with E-state index in [1.54, 1.807) is 41.3 Å². The van der Waals surface area contributed by atoms with E-state index >= 15 is 0 Å². The summed E-state index contributed by atoms with van der Waals surface area (Å²) in [4.78, 5) is 26.3. The van der Waals surface area contributed by atoms with Gasteiger partial charge < -0.3 is 15.4 Å². The van der Waals surface area contributed by atoms with Gasteiger partial charge in [-0.15, -0.1) is 0 Å². The topological polar surface area (TPSA) is 105 Å². The maximum Gasteiger partial charge on any atom is 0.238 e. The summed E-state index contributed by atoms with van der Waals surface area (Å²) in [6.07, 6.45) is 0.427. The second kappa shape index (κ2) is 10.8. The molecule has 2 aromatic rings. The molecule has 2 aromatic carbocycles. The first kappa shape index (κ1) is 24.0. The van der Waals surface area contributed by atoms with Crippen molar-refractivity contribution in [1.29, 1.82) is 0 Å². The van der Waals surface area contributed by atoms with Crippen molar-refractivity contribution in [1.82, 2.24) is 10.2 Å². The molecule has 1 aliphatic rings. The van der Waals surface area contributed by atoms with E-state index < -0.39 is 9.84 Å².